The molecule has 0 unspecified atom stereocenters. The number of hydrogen-bond acceptors (Lipinski definition) is 6. The van der Waals surface area contributed by atoms with Gasteiger partial charge < -0.3 is 30.2 Å². The highest BCUT2D eigenvalue weighted by Gasteiger charge is 2.13. The summed E-state index contributed by atoms with van der Waals surface area (Å²) in [6.45, 7) is 0.937. The maximum Gasteiger partial charge on any atom is 0.195 e. The van der Waals surface area contributed by atoms with Crippen LogP contribution < -0.4 is 15.5 Å². The predicted molar refractivity (Wildman–Crippen MR) is 89.3 cm³/mol. The lowest BCUT2D eigenvalue weighted by molar-refractivity contribution is 0.281. The van der Waals surface area contributed by atoms with Crippen LogP contribution in [0.1, 0.15) is 0 Å². The van der Waals surface area contributed by atoms with Crippen LogP contribution >= 0.6 is 0 Å². The molecule has 0 spiro atoms. The Kier molecular flexibility index (Phi) is 5.30. The molecule has 0 amide bonds. The molecule has 6 nitrogen and oxygen atoms in total. The van der Waals surface area contributed by atoms with E-state index in [1.165, 1.54) is 0 Å². The van der Waals surface area contributed by atoms with Gasteiger partial charge in [-0.15, -0.1) is 0 Å². The molecule has 0 fully saturated rings. The van der Waals surface area contributed by atoms with Gasteiger partial charge >= 0.3 is 0 Å². The van der Waals surface area contributed by atoms with Gasteiger partial charge in [0, 0.05) is 50.2 Å². The van der Waals surface area contributed by atoms with Crippen LogP contribution in [0.3, 0.4) is 0 Å². The molecule has 0 atom stereocenters. The lowest BCUT2D eigenvalue weighted by atomic mass is 10.1. The van der Waals surface area contributed by atoms with Crippen molar-refractivity contribution in [2.75, 3.05) is 55.9 Å². The number of nitrogens with zero attached hydrogens (tertiary/aromatic N) is 2. The Morgan fingerprint density at radius 2 is 1.73 bits per heavy atom. The van der Waals surface area contributed by atoms with Gasteiger partial charge in [0.15, 0.2) is 5.88 Å². The third-order valence-corrected chi connectivity index (χ3v) is 3.44. The summed E-state index contributed by atoms with van der Waals surface area (Å²) in [7, 11) is 3.82. The molecule has 22 heavy (non-hydrogen) atoms. The summed E-state index contributed by atoms with van der Waals surface area (Å²) >= 11 is 0. The van der Waals surface area contributed by atoms with Crippen molar-refractivity contribution in [3.63, 3.8) is 0 Å². The van der Waals surface area contributed by atoms with Crippen molar-refractivity contribution in [3.05, 3.63) is 30.3 Å². The molecule has 4 N–H and O–H groups in total. The molecule has 0 radical (unpaired) electrons. The SMILES string of the molecule is CN(C)c1ccc(-c2cc(N(CCO)CCO)ccc2N)o1. The highest BCUT2D eigenvalue weighted by molar-refractivity contribution is 5.77. The number of nitrogens with two attached hydrogens (primary N) is 1. The molecule has 0 bridgehead atoms. The highest BCUT2D eigenvalue weighted by atomic mass is 16.4. The fraction of sp³-hybridized carbons (Fsp3) is 0.375. The standard InChI is InChI=1S/C16H23N3O3/c1-18(2)16-6-5-15(22-16)13-11-12(3-4-14(13)17)19(7-9-20)8-10-21/h3-6,11,20-21H,7-10,17H2,1-2H3. The van der Waals surface area contributed by atoms with Crippen LogP contribution in [0.5, 0.6) is 0 Å². The van der Waals surface area contributed by atoms with Crippen molar-refractivity contribution >= 4 is 17.3 Å². The average molecular weight is 305 g/mol. The van der Waals surface area contributed by atoms with Crippen LogP contribution in [0.15, 0.2) is 34.7 Å². The van der Waals surface area contributed by atoms with Crippen molar-refractivity contribution in [3.8, 4) is 11.3 Å². The summed E-state index contributed by atoms with van der Waals surface area (Å²) in [6, 6.07) is 9.37. The number of furan rings is 1. The third-order valence-electron chi connectivity index (χ3n) is 3.44. The summed E-state index contributed by atoms with van der Waals surface area (Å²) in [6.07, 6.45) is 0. The zero-order chi connectivity index (χ0) is 16.1. The van der Waals surface area contributed by atoms with Gasteiger partial charge in [-0.25, -0.2) is 0 Å². The number of nitrogen functional groups attached to an aromatic ring is 1. The van der Waals surface area contributed by atoms with Gasteiger partial charge in [-0.05, 0) is 24.3 Å². The summed E-state index contributed by atoms with van der Waals surface area (Å²) in [4.78, 5) is 3.78. The summed E-state index contributed by atoms with van der Waals surface area (Å²) in [5.41, 5.74) is 8.37. The van der Waals surface area contributed by atoms with Crippen LogP contribution in [-0.4, -0.2) is 50.6 Å². The van der Waals surface area contributed by atoms with Crippen molar-refractivity contribution in [2.45, 2.75) is 0 Å². The molecule has 0 aliphatic rings. The Balaban J connectivity index is 2.36. The van der Waals surface area contributed by atoms with Crippen molar-refractivity contribution < 1.29 is 14.6 Å². The first-order chi connectivity index (χ1) is 10.6. The van der Waals surface area contributed by atoms with E-state index in [-0.39, 0.29) is 13.2 Å². The van der Waals surface area contributed by atoms with Crippen molar-refractivity contribution in [2.24, 2.45) is 0 Å². The van der Waals surface area contributed by atoms with Crippen molar-refractivity contribution in [1.29, 1.82) is 0 Å². The number of anilines is 3. The maximum absolute atomic E-state index is 9.16. The van der Waals surface area contributed by atoms with Gasteiger partial charge in [0.25, 0.3) is 0 Å². The molecule has 2 aromatic rings. The van der Waals surface area contributed by atoms with E-state index in [0.29, 0.717) is 24.5 Å². The van der Waals surface area contributed by atoms with E-state index in [1.807, 2.05) is 54.2 Å². The molecule has 0 aliphatic carbocycles. The first-order valence-electron chi connectivity index (χ1n) is 7.20. The minimum Gasteiger partial charge on any atom is -0.441 e. The molecule has 1 heterocycles. The zero-order valence-electron chi connectivity index (χ0n) is 13.0. The summed E-state index contributed by atoms with van der Waals surface area (Å²) < 4.78 is 5.80. The van der Waals surface area contributed by atoms with Gasteiger partial charge in [-0.2, -0.15) is 0 Å². The van der Waals surface area contributed by atoms with Crippen LogP contribution in [0.4, 0.5) is 17.3 Å². The molecular formula is C16H23N3O3. The van der Waals surface area contributed by atoms with Gasteiger partial charge in [0.1, 0.15) is 5.76 Å². The van der Waals surface area contributed by atoms with Gasteiger partial charge in [0.2, 0.25) is 0 Å². The van der Waals surface area contributed by atoms with Gasteiger partial charge in [-0.1, -0.05) is 0 Å². The number of aliphatic hydroxyl groups excluding tert-OH is 2. The first-order valence-corrected chi connectivity index (χ1v) is 7.20. The van der Waals surface area contributed by atoms with E-state index in [2.05, 4.69) is 0 Å². The van der Waals surface area contributed by atoms with Gasteiger partial charge in [0.05, 0.1) is 13.2 Å². The summed E-state index contributed by atoms with van der Waals surface area (Å²) in [5, 5.41) is 18.3. The smallest absolute Gasteiger partial charge is 0.195 e. The Morgan fingerprint density at radius 1 is 1.05 bits per heavy atom. The van der Waals surface area contributed by atoms with E-state index in [0.717, 1.165) is 17.1 Å². The Bertz CT molecular complexity index is 604. The molecule has 1 aromatic carbocycles. The number of rotatable bonds is 7. The van der Waals surface area contributed by atoms with E-state index in [4.69, 9.17) is 20.4 Å². The van der Waals surface area contributed by atoms with Crippen molar-refractivity contribution in [1.82, 2.24) is 0 Å². The minimum atomic E-state index is 0.0191. The second-order valence-electron chi connectivity index (χ2n) is 5.24. The predicted octanol–water partition coefficient (Wildman–Crippen LogP) is 1.39. The second kappa shape index (κ2) is 7.20. The van der Waals surface area contributed by atoms with Gasteiger partial charge in [-0.3, -0.25) is 0 Å². The summed E-state index contributed by atoms with van der Waals surface area (Å²) in [5.74, 6) is 1.44. The third kappa shape index (κ3) is 3.52. The van der Waals surface area contributed by atoms with E-state index in [1.54, 1.807) is 0 Å². The Hall–Kier alpha value is -2.18. The Morgan fingerprint density at radius 3 is 2.27 bits per heavy atom. The molecular weight excluding hydrogens is 282 g/mol. The van der Waals surface area contributed by atoms with E-state index >= 15 is 0 Å². The lowest BCUT2D eigenvalue weighted by Crippen LogP contribution is -2.29. The highest BCUT2D eigenvalue weighted by Crippen LogP contribution is 2.33. The number of hydrogen-bond donors (Lipinski definition) is 3. The molecule has 0 saturated heterocycles. The van der Waals surface area contributed by atoms with Crippen LogP contribution in [0.2, 0.25) is 0 Å². The number of benzene rings is 1. The largest absolute Gasteiger partial charge is 0.441 e. The molecule has 0 aliphatic heterocycles. The average Bonchev–Trinajstić information content (AvgIpc) is 2.97. The molecule has 1 aromatic heterocycles. The molecule has 6 heteroatoms. The maximum atomic E-state index is 9.16. The lowest BCUT2D eigenvalue weighted by Gasteiger charge is -2.23. The molecule has 2 rings (SSSR count). The quantitative estimate of drug-likeness (QED) is 0.670. The van der Waals surface area contributed by atoms with E-state index in [9.17, 15) is 0 Å². The normalized spacial score (nSPS) is 10.7. The fourth-order valence-electron chi connectivity index (χ4n) is 2.28. The first kappa shape index (κ1) is 16.2. The molecule has 120 valence electrons. The van der Waals surface area contributed by atoms with Crippen LogP contribution in [0.25, 0.3) is 11.3 Å². The topological polar surface area (TPSA) is 86.1 Å². The second-order valence-corrected chi connectivity index (χ2v) is 5.24. The molecule has 0 saturated carbocycles. The van der Waals surface area contributed by atoms with E-state index < -0.39 is 0 Å². The van der Waals surface area contributed by atoms with Crippen LogP contribution in [-0.2, 0) is 0 Å². The fourth-order valence-corrected chi connectivity index (χ4v) is 2.28. The van der Waals surface area contributed by atoms with Crippen LogP contribution in [0, 0.1) is 0 Å². The zero-order valence-corrected chi connectivity index (χ0v) is 13.0. The number of aliphatic hydroxyl groups is 2. The Labute approximate surface area is 130 Å². The minimum absolute atomic E-state index is 0.0191. The monoisotopic (exact) mass is 305 g/mol.